The Hall–Kier alpha value is -2.76. The molecule has 0 heterocycles. The van der Waals surface area contributed by atoms with E-state index in [4.69, 9.17) is 11.2 Å². The van der Waals surface area contributed by atoms with Crippen molar-refractivity contribution in [2.24, 2.45) is 11.8 Å². The largest absolute Gasteiger partial charge is 0.461 e. The fourth-order valence-corrected chi connectivity index (χ4v) is 5.36. The van der Waals surface area contributed by atoms with Crippen molar-refractivity contribution in [3.8, 4) is 12.3 Å². The summed E-state index contributed by atoms with van der Waals surface area (Å²) in [6.07, 6.45) is 13.7. The zero-order valence-electron chi connectivity index (χ0n) is 22.9. The molecule has 2 aliphatic rings. The topological polar surface area (TPSA) is 83.0 Å². The number of benzene rings is 2. The van der Waals surface area contributed by atoms with Gasteiger partial charge < -0.3 is 15.8 Å². The summed E-state index contributed by atoms with van der Waals surface area (Å²) in [5, 5.41) is 2.05. The Morgan fingerprint density at radius 1 is 1.05 bits per heavy atom. The summed E-state index contributed by atoms with van der Waals surface area (Å²) in [7, 11) is 0. The third-order valence-electron chi connectivity index (χ3n) is 7.43. The number of esters is 1. The molecule has 0 saturated heterocycles. The van der Waals surface area contributed by atoms with Crippen LogP contribution in [0.4, 0.5) is 14.5 Å². The highest BCUT2D eigenvalue weighted by molar-refractivity contribution is 9.08. The van der Waals surface area contributed by atoms with Gasteiger partial charge in [-0.05, 0) is 42.8 Å². The third-order valence-corrected chi connectivity index (χ3v) is 7.43. The molecule has 5 nitrogen and oxygen atoms in total. The van der Waals surface area contributed by atoms with Crippen LogP contribution in [0.25, 0.3) is 0 Å². The number of quaternary nitrogens is 1. The van der Waals surface area contributed by atoms with E-state index in [-0.39, 0.29) is 23.9 Å². The van der Waals surface area contributed by atoms with E-state index in [9.17, 15) is 18.4 Å². The van der Waals surface area contributed by atoms with Gasteiger partial charge in [-0.15, -0.1) is 12.3 Å². The zero-order valence-corrected chi connectivity index (χ0v) is 24.4. The molecule has 0 bridgehead atoms. The second-order valence-electron chi connectivity index (χ2n) is 9.90. The number of anilines is 1. The van der Waals surface area contributed by atoms with Crippen LogP contribution in [0.5, 0.6) is 0 Å². The van der Waals surface area contributed by atoms with Gasteiger partial charge in [0.1, 0.15) is 23.4 Å². The molecule has 8 heteroatoms. The van der Waals surface area contributed by atoms with Crippen LogP contribution < -0.4 is 11.1 Å². The molecule has 3 unspecified atom stereocenters. The lowest BCUT2D eigenvalue weighted by molar-refractivity contribution is -0.372. The van der Waals surface area contributed by atoms with E-state index in [2.05, 4.69) is 45.0 Å². The lowest BCUT2D eigenvalue weighted by Crippen LogP contribution is -2.55. The first-order valence-corrected chi connectivity index (χ1v) is 15.0. The number of hydrogen-bond donors (Lipinski definition) is 2. The van der Waals surface area contributed by atoms with E-state index in [0.29, 0.717) is 0 Å². The van der Waals surface area contributed by atoms with Gasteiger partial charge in [-0.25, -0.2) is 8.78 Å². The van der Waals surface area contributed by atoms with Gasteiger partial charge in [0, 0.05) is 25.2 Å². The van der Waals surface area contributed by atoms with E-state index in [0.717, 1.165) is 62.8 Å². The van der Waals surface area contributed by atoms with Crippen LogP contribution in [0.15, 0.2) is 48.5 Å². The van der Waals surface area contributed by atoms with Gasteiger partial charge in [0.25, 0.3) is 0 Å². The third kappa shape index (κ3) is 8.61. The number of ether oxygens (including phenoxy) is 1. The molecule has 212 valence electrons. The molecular weight excluding hydrogens is 566 g/mol. The molecule has 0 spiro atoms. The van der Waals surface area contributed by atoms with Crippen molar-refractivity contribution in [3.05, 3.63) is 65.7 Å². The average Bonchev–Trinajstić information content (AvgIpc) is 3.21. The number of hydrogen-bond acceptors (Lipinski definition) is 3. The van der Waals surface area contributed by atoms with E-state index in [1.807, 2.05) is 24.0 Å². The number of halogens is 3. The Bertz CT molecular complexity index is 1080. The Balaban J connectivity index is 0.000000320. The quantitative estimate of drug-likeness (QED) is 0.183. The van der Waals surface area contributed by atoms with E-state index in [1.54, 1.807) is 0 Å². The number of para-hydroxylation sites is 1. The van der Waals surface area contributed by atoms with E-state index in [1.165, 1.54) is 25.8 Å². The highest BCUT2D eigenvalue weighted by Crippen LogP contribution is 2.43. The van der Waals surface area contributed by atoms with Gasteiger partial charge in [0.15, 0.2) is 0 Å². The standard InChI is InChI=1S/C22H29NO2.C8H7F2NO.CH3Br/c1-2-17-16-20(19(17)12-15-23)25-21(24)22(13-8-3-4-9-14-22)18-10-6-5-7-11-18;1-5(12)11-8-6(9)3-2-4-7(8)10;1-2/h1,5-7,10-11,17,19-20H,3-4,8-9,12-16,23H2;2-4H,1H3,(H,11,12);1H3/p+1. The fraction of sp³-hybridized carbons (Fsp3) is 0.484. The maximum atomic E-state index is 13.3. The smallest absolute Gasteiger partial charge is 0.316 e. The monoisotopic (exact) mass is 605 g/mol. The number of amides is 1. The van der Waals surface area contributed by atoms with Gasteiger partial charge in [-0.1, -0.05) is 78.0 Å². The lowest BCUT2D eigenvalue weighted by Gasteiger charge is -2.43. The van der Waals surface area contributed by atoms with Crippen molar-refractivity contribution in [2.75, 3.05) is 17.7 Å². The lowest BCUT2D eigenvalue weighted by atomic mass is 9.69. The highest BCUT2D eigenvalue weighted by atomic mass is 79.9. The molecule has 2 aromatic rings. The van der Waals surface area contributed by atoms with Crippen LogP contribution in [-0.2, 0) is 19.7 Å². The Morgan fingerprint density at radius 3 is 2.15 bits per heavy atom. The van der Waals surface area contributed by atoms with E-state index >= 15 is 0 Å². The minimum absolute atomic E-state index is 0.0286. The van der Waals surface area contributed by atoms with Crippen LogP contribution in [0, 0.1) is 35.8 Å². The summed E-state index contributed by atoms with van der Waals surface area (Å²) in [5.74, 6) is 3.10. The van der Waals surface area contributed by atoms with Crippen molar-refractivity contribution in [3.63, 3.8) is 0 Å². The first kappa shape index (κ1) is 32.5. The Morgan fingerprint density at radius 2 is 1.64 bits per heavy atom. The zero-order chi connectivity index (χ0) is 28.8. The van der Waals surface area contributed by atoms with Crippen LogP contribution >= 0.6 is 15.9 Å². The molecule has 2 aliphatic carbocycles. The molecule has 0 aromatic heterocycles. The van der Waals surface area contributed by atoms with Gasteiger partial charge in [-0.3, -0.25) is 9.59 Å². The number of carbonyl (C=O) groups excluding carboxylic acids is 2. The van der Waals surface area contributed by atoms with Crippen LogP contribution in [-0.4, -0.2) is 30.4 Å². The molecule has 2 fully saturated rings. The average molecular weight is 607 g/mol. The highest BCUT2D eigenvalue weighted by Gasteiger charge is 2.47. The van der Waals surface area contributed by atoms with E-state index < -0.39 is 28.6 Å². The minimum Gasteiger partial charge on any atom is -0.461 e. The summed E-state index contributed by atoms with van der Waals surface area (Å²) in [4.78, 5) is 23.8. The molecule has 2 saturated carbocycles. The summed E-state index contributed by atoms with van der Waals surface area (Å²) in [6, 6.07) is 13.6. The molecular formula is C31H40BrF2N2O3+. The maximum absolute atomic E-state index is 13.3. The van der Waals surface area contributed by atoms with Crippen molar-refractivity contribution in [2.45, 2.75) is 69.8 Å². The molecule has 0 aliphatic heterocycles. The Labute approximate surface area is 239 Å². The van der Waals surface area contributed by atoms with Crippen molar-refractivity contribution in [1.29, 1.82) is 0 Å². The van der Waals surface area contributed by atoms with Gasteiger partial charge in [0.05, 0.1) is 12.0 Å². The molecule has 39 heavy (non-hydrogen) atoms. The predicted octanol–water partition coefficient (Wildman–Crippen LogP) is 6.03. The predicted molar refractivity (Wildman–Crippen MR) is 154 cm³/mol. The number of carbonyl (C=O) groups is 2. The van der Waals surface area contributed by atoms with Crippen LogP contribution in [0.3, 0.4) is 0 Å². The SMILES string of the molecule is C#CC1CC(OC(=O)C2(c3ccccc3)CCCCCC2)C1CC[NH3+].CBr.CC(=O)Nc1c(F)cccc1F. The molecule has 4 N–H and O–H groups in total. The normalized spacial score (nSPS) is 21.2. The summed E-state index contributed by atoms with van der Waals surface area (Å²) >= 11 is 2.94. The molecule has 2 aromatic carbocycles. The first-order chi connectivity index (χ1) is 18.8. The van der Waals surface area contributed by atoms with Gasteiger partial charge in [-0.2, -0.15) is 0 Å². The second-order valence-corrected chi connectivity index (χ2v) is 9.90. The minimum atomic E-state index is -0.773. The van der Waals surface area contributed by atoms with Crippen LogP contribution in [0.1, 0.15) is 63.9 Å². The number of nitrogens with one attached hydrogen (secondary N) is 1. The van der Waals surface area contributed by atoms with Gasteiger partial charge >= 0.3 is 5.97 Å². The van der Waals surface area contributed by atoms with Gasteiger partial charge in [0.2, 0.25) is 5.91 Å². The van der Waals surface area contributed by atoms with Crippen molar-refractivity contribution in [1.82, 2.24) is 0 Å². The number of alkyl halides is 1. The first-order valence-electron chi connectivity index (χ1n) is 13.4. The van der Waals surface area contributed by atoms with Crippen molar-refractivity contribution >= 4 is 33.5 Å². The molecule has 0 radical (unpaired) electrons. The van der Waals surface area contributed by atoms with Crippen molar-refractivity contribution < 1.29 is 28.8 Å². The molecule has 4 rings (SSSR count). The maximum Gasteiger partial charge on any atom is 0.316 e. The second kappa shape index (κ2) is 16.4. The molecule has 3 atom stereocenters. The Kier molecular flexibility index (Phi) is 13.6. The summed E-state index contributed by atoms with van der Waals surface area (Å²) < 4.78 is 31.6. The number of rotatable bonds is 6. The summed E-state index contributed by atoms with van der Waals surface area (Å²) in [6.45, 7) is 2.02. The fourth-order valence-electron chi connectivity index (χ4n) is 5.36. The molecule has 1 amide bonds. The van der Waals surface area contributed by atoms with Crippen LogP contribution in [0.2, 0.25) is 0 Å². The number of terminal acetylenes is 1. The summed E-state index contributed by atoms with van der Waals surface area (Å²) in [5.41, 5.74) is 4.18.